The highest BCUT2D eigenvalue weighted by molar-refractivity contribution is 8.13. The first-order valence-corrected chi connectivity index (χ1v) is 9.53. The Bertz CT molecular complexity index is 666. The van der Waals surface area contributed by atoms with Crippen molar-refractivity contribution in [3.05, 3.63) is 29.3 Å². The van der Waals surface area contributed by atoms with Gasteiger partial charge in [-0.25, -0.2) is 8.42 Å². The molecule has 0 saturated heterocycles. The van der Waals surface area contributed by atoms with Crippen molar-refractivity contribution in [3.63, 3.8) is 0 Å². The zero-order valence-electron chi connectivity index (χ0n) is 11.8. The van der Waals surface area contributed by atoms with Gasteiger partial charge >= 0.3 is 0 Å². The number of hydrogen-bond acceptors (Lipinski definition) is 3. The fraction of sp³-hybridized carbons (Fsp3) is 0.533. The maximum Gasteiger partial charge on any atom is 0.262 e. The van der Waals surface area contributed by atoms with E-state index in [1.165, 1.54) is 6.07 Å². The minimum absolute atomic E-state index is 0.113. The summed E-state index contributed by atoms with van der Waals surface area (Å²) in [7, 11) is 1.51. The molecule has 1 aromatic carbocycles. The lowest BCUT2D eigenvalue weighted by atomic mass is 10.1. The van der Waals surface area contributed by atoms with Gasteiger partial charge in [0.1, 0.15) is 0 Å². The number of hydrogen-bond donors (Lipinski definition) is 1. The molecule has 0 heterocycles. The second kappa shape index (κ2) is 5.29. The van der Waals surface area contributed by atoms with Crippen molar-refractivity contribution < 1.29 is 13.2 Å². The van der Waals surface area contributed by atoms with Crippen LogP contribution in [0.5, 0.6) is 0 Å². The molecule has 1 amide bonds. The summed E-state index contributed by atoms with van der Waals surface area (Å²) in [6, 6.07) is 4.81. The Morgan fingerprint density at radius 3 is 2.29 bits per heavy atom. The van der Waals surface area contributed by atoms with Gasteiger partial charge in [0.15, 0.2) is 0 Å². The Labute approximate surface area is 129 Å². The summed E-state index contributed by atoms with van der Waals surface area (Å²) < 4.78 is 23.3. The van der Waals surface area contributed by atoms with Crippen LogP contribution < -0.4 is 5.32 Å². The van der Waals surface area contributed by atoms with Crippen LogP contribution >= 0.6 is 10.7 Å². The van der Waals surface area contributed by atoms with Gasteiger partial charge in [0.2, 0.25) is 0 Å². The number of carbonyl (C=O) groups excluding carboxylic acids is 1. The molecule has 1 aromatic rings. The van der Waals surface area contributed by atoms with Gasteiger partial charge in [-0.05, 0) is 56.6 Å². The van der Waals surface area contributed by atoms with Crippen LogP contribution in [0, 0.1) is 18.8 Å². The SMILES string of the molecule is Cc1ccc(S(=O)(=O)Cl)c(C(=O)NC(C2CC2)C2CC2)c1. The Morgan fingerprint density at radius 2 is 1.81 bits per heavy atom. The van der Waals surface area contributed by atoms with Gasteiger partial charge in [0, 0.05) is 16.7 Å². The van der Waals surface area contributed by atoms with Gasteiger partial charge < -0.3 is 5.32 Å². The van der Waals surface area contributed by atoms with E-state index in [1.54, 1.807) is 12.1 Å². The Balaban J connectivity index is 1.88. The third kappa shape index (κ3) is 3.40. The minimum Gasteiger partial charge on any atom is -0.349 e. The second-order valence-corrected chi connectivity index (χ2v) is 8.65. The highest BCUT2D eigenvalue weighted by atomic mass is 35.7. The van der Waals surface area contributed by atoms with Crippen molar-refractivity contribution >= 4 is 25.6 Å². The number of carbonyl (C=O) groups is 1. The molecular weight excluding hydrogens is 310 g/mol. The molecule has 3 rings (SSSR count). The summed E-state index contributed by atoms with van der Waals surface area (Å²) in [5.74, 6) is 0.784. The van der Waals surface area contributed by atoms with Crippen molar-refractivity contribution in [3.8, 4) is 0 Å². The zero-order chi connectivity index (χ0) is 15.2. The van der Waals surface area contributed by atoms with E-state index < -0.39 is 9.05 Å². The first kappa shape index (κ1) is 14.9. The molecule has 0 unspecified atom stereocenters. The summed E-state index contributed by atoms with van der Waals surface area (Å²) in [6.45, 7) is 1.82. The fourth-order valence-electron chi connectivity index (χ4n) is 2.79. The first-order chi connectivity index (χ1) is 9.86. The standard InChI is InChI=1S/C15H18ClNO3S/c1-9-2-7-13(21(16,19)20)12(8-9)15(18)17-14(10-3-4-10)11-5-6-11/h2,7-8,10-11,14H,3-6H2,1H3,(H,17,18). The summed E-state index contributed by atoms with van der Waals surface area (Å²) in [5.41, 5.74) is 0.981. The molecule has 21 heavy (non-hydrogen) atoms. The molecule has 0 atom stereocenters. The van der Waals surface area contributed by atoms with Crippen molar-refractivity contribution in [2.24, 2.45) is 11.8 Å². The lowest BCUT2D eigenvalue weighted by molar-refractivity contribution is 0.0923. The van der Waals surface area contributed by atoms with Crippen LogP contribution in [0.15, 0.2) is 23.1 Å². The average Bonchev–Trinajstić information content (AvgIpc) is 3.26. The number of rotatable bonds is 5. The Kier molecular flexibility index (Phi) is 3.74. The molecule has 2 fully saturated rings. The third-order valence-corrected chi connectivity index (χ3v) is 5.58. The molecule has 0 radical (unpaired) electrons. The molecule has 2 saturated carbocycles. The molecule has 0 spiro atoms. The molecule has 0 aliphatic heterocycles. The van der Waals surface area contributed by atoms with Crippen LogP contribution in [0.4, 0.5) is 0 Å². The van der Waals surface area contributed by atoms with E-state index in [9.17, 15) is 13.2 Å². The van der Waals surface area contributed by atoms with E-state index in [1.807, 2.05) is 6.92 Å². The largest absolute Gasteiger partial charge is 0.349 e. The predicted octanol–water partition coefficient (Wildman–Crippen LogP) is 2.84. The topological polar surface area (TPSA) is 63.2 Å². The van der Waals surface area contributed by atoms with Crippen LogP contribution in [-0.4, -0.2) is 20.4 Å². The molecular formula is C15H18ClNO3S. The van der Waals surface area contributed by atoms with Crippen LogP contribution in [0.3, 0.4) is 0 Å². The van der Waals surface area contributed by atoms with E-state index in [-0.39, 0.29) is 22.4 Å². The van der Waals surface area contributed by atoms with Crippen LogP contribution in [0.2, 0.25) is 0 Å². The fourth-order valence-corrected chi connectivity index (χ4v) is 3.84. The molecule has 114 valence electrons. The highest BCUT2D eigenvalue weighted by Crippen LogP contribution is 2.44. The molecule has 0 bridgehead atoms. The van der Waals surface area contributed by atoms with Gasteiger partial charge in [0.25, 0.3) is 15.0 Å². The van der Waals surface area contributed by atoms with Gasteiger partial charge in [0.05, 0.1) is 10.5 Å². The van der Waals surface area contributed by atoms with Crippen LogP contribution in [0.25, 0.3) is 0 Å². The summed E-state index contributed by atoms with van der Waals surface area (Å²) in [4.78, 5) is 12.4. The van der Waals surface area contributed by atoms with Gasteiger partial charge in [-0.3, -0.25) is 4.79 Å². The normalized spacial score (nSPS) is 18.8. The van der Waals surface area contributed by atoms with E-state index in [4.69, 9.17) is 10.7 Å². The van der Waals surface area contributed by atoms with Crippen molar-refractivity contribution in [1.82, 2.24) is 5.32 Å². The number of benzene rings is 1. The number of nitrogens with one attached hydrogen (secondary N) is 1. The summed E-state index contributed by atoms with van der Waals surface area (Å²) in [5, 5.41) is 3.03. The average molecular weight is 328 g/mol. The zero-order valence-corrected chi connectivity index (χ0v) is 13.4. The third-order valence-electron chi connectivity index (χ3n) is 4.20. The maximum absolute atomic E-state index is 12.5. The van der Waals surface area contributed by atoms with Crippen molar-refractivity contribution in [1.29, 1.82) is 0 Å². The quantitative estimate of drug-likeness (QED) is 0.846. The predicted molar refractivity (Wildman–Crippen MR) is 80.9 cm³/mol. The molecule has 2 aliphatic carbocycles. The van der Waals surface area contributed by atoms with Crippen LogP contribution in [0.1, 0.15) is 41.6 Å². The lowest BCUT2D eigenvalue weighted by Gasteiger charge is -2.18. The molecule has 1 N–H and O–H groups in total. The maximum atomic E-state index is 12.5. The van der Waals surface area contributed by atoms with Gasteiger partial charge in [-0.15, -0.1) is 0 Å². The van der Waals surface area contributed by atoms with E-state index in [2.05, 4.69) is 5.32 Å². The minimum atomic E-state index is -3.93. The Hall–Kier alpha value is -1.07. The lowest BCUT2D eigenvalue weighted by Crippen LogP contribution is -2.38. The monoisotopic (exact) mass is 327 g/mol. The highest BCUT2D eigenvalue weighted by Gasteiger charge is 2.42. The van der Waals surface area contributed by atoms with E-state index >= 15 is 0 Å². The van der Waals surface area contributed by atoms with E-state index in [0.717, 1.165) is 31.2 Å². The molecule has 0 aromatic heterocycles. The number of aryl methyl sites for hydroxylation is 1. The molecule has 2 aliphatic rings. The van der Waals surface area contributed by atoms with Crippen molar-refractivity contribution in [2.75, 3.05) is 0 Å². The second-order valence-electron chi connectivity index (χ2n) is 6.11. The van der Waals surface area contributed by atoms with Gasteiger partial charge in [-0.1, -0.05) is 11.6 Å². The summed E-state index contributed by atoms with van der Waals surface area (Å²) in [6.07, 6.45) is 4.59. The number of halogens is 1. The van der Waals surface area contributed by atoms with Crippen molar-refractivity contribution in [2.45, 2.75) is 43.5 Å². The van der Waals surface area contributed by atoms with Crippen LogP contribution in [-0.2, 0) is 9.05 Å². The Morgan fingerprint density at radius 1 is 1.24 bits per heavy atom. The molecule has 6 heteroatoms. The van der Waals surface area contributed by atoms with E-state index in [0.29, 0.717) is 11.8 Å². The first-order valence-electron chi connectivity index (χ1n) is 7.22. The summed E-state index contributed by atoms with van der Waals surface area (Å²) >= 11 is 0. The number of amides is 1. The smallest absolute Gasteiger partial charge is 0.262 e. The molecule has 4 nitrogen and oxygen atoms in total. The van der Waals surface area contributed by atoms with Gasteiger partial charge in [-0.2, -0.15) is 0 Å².